The summed E-state index contributed by atoms with van der Waals surface area (Å²) in [6.07, 6.45) is 6.16. The molecule has 7 nitrogen and oxygen atoms in total. The van der Waals surface area contributed by atoms with Crippen LogP contribution in [0.2, 0.25) is 0 Å². The van der Waals surface area contributed by atoms with Gasteiger partial charge in [-0.25, -0.2) is 17.5 Å². The smallest absolute Gasteiger partial charge is 0.324 e. The van der Waals surface area contributed by atoms with E-state index in [9.17, 15) is 13.2 Å². The van der Waals surface area contributed by atoms with Crippen molar-refractivity contribution >= 4 is 21.7 Å². The number of carbonyl (C=O) groups is 1. The molecule has 2 amide bonds. The van der Waals surface area contributed by atoms with E-state index in [1.165, 1.54) is 24.0 Å². The number of amides is 2. The second kappa shape index (κ2) is 7.76. The third-order valence-corrected chi connectivity index (χ3v) is 7.60. The molecule has 1 aromatic carbocycles. The molecule has 1 fully saturated rings. The lowest BCUT2D eigenvalue weighted by Crippen LogP contribution is -2.44. The number of nitrogens with zero attached hydrogens (tertiary/aromatic N) is 4. The van der Waals surface area contributed by atoms with Gasteiger partial charge in [0, 0.05) is 57.7 Å². The number of hydrogen-bond acceptors (Lipinski definition) is 4. The summed E-state index contributed by atoms with van der Waals surface area (Å²) in [6, 6.07) is 9.08. The fraction of sp³-hybridized carbons (Fsp3) is 0.429. The maximum absolute atomic E-state index is 13.2. The number of rotatable bonds is 3. The molecule has 0 radical (unpaired) electrons. The van der Waals surface area contributed by atoms with Crippen molar-refractivity contribution < 1.29 is 13.2 Å². The average molecular weight is 415 g/mol. The van der Waals surface area contributed by atoms with Crippen LogP contribution in [0.3, 0.4) is 0 Å². The van der Waals surface area contributed by atoms with Crippen LogP contribution >= 0.6 is 0 Å². The van der Waals surface area contributed by atoms with Gasteiger partial charge in [0.05, 0.1) is 4.90 Å². The van der Waals surface area contributed by atoms with Crippen molar-refractivity contribution in [2.45, 2.75) is 30.1 Å². The van der Waals surface area contributed by atoms with Gasteiger partial charge >= 0.3 is 6.03 Å². The van der Waals surface area contributed by atoms with Gasteiger partial charge in [-0.1, -0.05) is 6.07 Å². The highest BCUT2D eigenvalue weighted by atomic mass is 32.2. The first-order chi connectivity index (χ1) is 13.9. The zero-order chi connectivity index (χ0) is 20.6. The Morgan fingerprint density at radius 1 is 1.21 bits per heavy atom. The Morgan fingerprint density at radius 3 is 2.76 bits per heavy atom. The molecule has 1 saturated heterocycles. The normalized spacial score (nSPS) is 19.5. The van der Waals surface area contributed by atoms with Crippen molar-refractivity contribution in [3.63, 3.8) is 0 Å². The zero-order valence-corrected chi connectivity index (χ0v) is 17.6. The molecule has 2 aliphatic rings. The minimum Gasteiger partial charge on any atom is -0.324 e. The molecule has 0 spiro atoms. The number of anilines is 1. The van der Waals surface area contributed by atoms with Gasteiger partial charge < -0.3 is 4.90 Å². The Bertz CT molecular complexity index is 1010. The van der Waals surface area contributed by atoms with Gasteiger partial charge in [0.2, 0.25) is 10.0 Å². The molecular weight excluding hydrogens is 388 g/mol. The standard InChI is InChI=1S/C21H26N4O3S/c1-23(2)29(27,28)19-7-8-20-16(13-19)6-4-11-25(20)21(26)24-12-9-18(15-24)17-5-3-10-22-14-17/h3,5,7-8,10,13-14,18H,4,6,9,11-12,15H2,1-2H3. The van der Waals surface area contributed by atoms with Crippen LogP contribution in [0.5, 0.6) is 0 Å². The minimum absolute atomic E-state index is 0.000516. The lowest BCUT2D eigenvalue weighted by Gasteiger charge is -2.33. The fourth-order valence-corrected chi connectivity index (χ4v) is 5.09. The molecule has 4 rings (SSSR count). The third-order valence-electron chi connectivity index (χ3n) is 5.79. The third kappa shape index (κ3) is 3.74. The van der Waals surface area contributed by atoms with E-state index in [0.717, 1.165) is 37.1 Å². The van der Waals surface area contributed by atoms with E-state index in [1.807, 2.05) is 17.2 Å². The van der Waals surface area contributed by atoms with Crippen LogP contribution in [0.25, 0.3) is 0 Å². The van der Waals surface area contributed by atoms with Crippen LogP contribution < -0.4 is 4.90 Å². The Labute approximate surface area is 172 Å². The highest BCUT2D eigenvalue weighted by molar-refractivity contribution is 7.89. The van der Waals surface area contributed by atoms with Crippen molar-refractivity contribution in [1.82, 2.24) is 14.2 Å². The van der Waals surface area contributed by atoms with Crippen molar-refractivity contribution in [3.05, 3.63) is 53.9 Å². The summed E-state index contributed by atoms with van der Waals surface area (Å²) in [5.41, 5.74) is 2.90. The first-order valence-corrected chi connectivity index (χ1v) is 11.3. The van der Waals surface area contributed by atoms with E-state index in [0.29, 0.717) is 19.0 Å². The molecule has 1 unspecified atom stereocenters. The molecule has 1 aromatic heterocycles. The summed E-state index contributed by atoms with van der Waals surface area (Å²) < 4.78 is 26.1. The molecule has 0 N–H and O–H groups in total. The SMILES string of the molecule is CN(C)S(=O)(=O)c1ccc2c(c1)CCCN2C(=O)N1CCC(c2cccnc2)C1. The largest absolute Gasteiger partial charge is 0.324 e. The van der Waals surface area contributed by atoms with E-state index in [4.69, 9.17) is 0 Å². The van der Waals surface area contributed by atoms with Crippen molar-refractivity contribution in [2.24, 2.45) is 0 Å². The maximum atomic E-state index is 13.2. The van der Waals surface area contributed by atoms with E-state index < -0.39 is 10.0 Å². The second-order valence-electron chi connectivity index (χ2n) is 7.83. The molecule has 2 aliphatic heterocycles. The van der Waals surface area contributed by atoms with Gasteiger partial charge in [-0.3, -0.25) is 9.88 Å². The molecule has 8 heteroatoms. The van der Waals surface area contributed by atoms with Crippen LogP contribution in [-0.2, 0) is 16.4 Å². The van der Waals surface area contributed by atoms with Gasteiger partial charge in [-0.2, -0.15) is 0 Å². The van der Waals surface area contributed by atoms with E-state index in [2.05, 4.69) is 11.1 Å². The number of aromatic nitrogens is 1. The number of pyridine rings is 1. The minimum atomic E-state index is -3.49. The maximum Gasteiger partial charge on any atom is 0.324 e. The lowest BCUT2D eigenvalue weighted by atomic mass is 10.0. The molecular formula is C21H26N4O3S. The van der Waals surface area contributed by atoms with E-state index >= 15 is 0 Å². The van der Waals surface area contributed by atoms with Crippen LogP contribution in [0.1, 0.15) is 29.9 Å². The van der Waals surface area contributed by atoms with Crippen LogP contribution in [0.15, 0.2) is 47.6 Å². The lowest BCUT2D eigenvalue weighted by molar-refractivity contribution is 0.214. The van der Waals surface area contributed by atoms with Crippen LogP contribution in [0, 0.1) is 0 Å². The van der Waals surface area contributed by atoms with Gasteiger partial charge in [0.1, 0.15) is 0 Å². The monoisotopic (exact) mass is 414 g/mol. The molecule has 1 atom stereocenters. The number of hydrogen-bond donors (Lipinski definition) is 0. The average Bonchev–Trinajstić information content (AvgIpc) is 3.23. The molecule has 29 heavy (non-hydrogen) atoms. The number of sulfonamides is 1. The number of likely N-dealkylation sites (tertiary alicyclic amines) is 1. The Kier molecular flexibility index (Phi) is 5.31. The Morgan fingerprint density at radius 2 is 2.03 bits per heavy atom. The first kappa shape index (κ1) is 19.8. The van der Waals surface area contributed by atoms with E-state index in [1.54, 1.807) is 29.3 Å². The number of aryl methyl sites for hydroxylation is 1. The van der Waals surface area contributed by atoms with Gasteiger partial charge in [-0.15, -0.1) is 0 Å². The van der Waals surface area contributed by atoms with Crippen LogP contribution in [0.4, 0.5) is 10.5 Å². The first-order valence-electron chi connectivity index (χ1n) is 9.90. The highest BCUT2D eigenvalue weighted by Crippen LogP contribution is 2.33. The number of fused-ring (bicyclic) bond motifs is 1. The quantitative estimate of drug-likeness (QED) is 0.774. The van der Waals surface area contributed by atoms with Gasteiger partial charge in [-0.05, 0) is 54.7 Å². The summed E-state index contributed by atoms with van der Waals surface area (Å²) in [5, 5.41) is 0. The molecule has 154 valence electrons. The Hall–Kier alpha value is -2.45. The topological polar surface area (TPSA) is 73.8 Å². The molecule has 0 bridgehead atoms. The summed E-state index contributed by atoms with van der Waals surface area (Å²) in [7, 11) is -0.439. The van der Waals surface area contributed by atoms with Gasteiger partial charge in [0.25, 0.3) is 0 Å². The highest BCUT2D eigenvalue weighted by Gasteiger charge is 2.33. The second-order valence-corrected chi connectivity index (χ2v) is 9.99. The fourth-order valence-electron chi connectivity index (χ4n) is 4.14. The predicted molar refractivity (Wildman–Crippen MR) is 112 cm³/mol. The van der Waals surface area contributed by atoms with Crippen LogP contribution in [-0.4, -0.2) is 62.4 Å². The van der Waals surface area contributed by atoms with Crippen molar-refractivity contribution in [2.75, 3.05) is 38.6 Å². The van der Waals surface area contributed by atoms with Crippen molar-refractivity contribution in [3.8, 4) is 0 Å². The number of carbonyl (C=O) groups excluding carboxylic acids is 1. The summed E-state index contributed by atoms with van der Waals surface area (Å²) in [4.78, 5) is 21.4. The Balaban J connectivity index is 1.55. The van der Waals surface area contributed by atoms with Gasteiger partial charge in [0.15, 0.2) is 0 Å². The molecule has 3 heterocycles. The van der Waals surface area contributed by atoms with E-state index in [-0.39, 0.29) is 10.9 Å². The molecule has 0 saturated carbocycles. The molecule has 0 aliphatic carbocycles. The molecule has 2 aromatic rings. The summed E-state index contributed by atoms with van der Waals surface area (Å²) in [5.74, 6) is 0.310. The van der Waals surface area contributed by atoms with Crippen molar-refractivity contribution in [1.29, 1.82) is 0 Å². The number of benzene rings is 1. The predicted octanol–water partition coefficient (Wildman–Crippen LogP) is 2.69. The zero-order valence-electron chi connectivity index (χ0n) is 16.8. The summed E-state index contributed by atoms with van der Waals surface area (Å²) in [6.45, 7) is 2.06. The summed E-state index contributed by atoms with van der Waals surface area (Å²) >= 11 is 0. The number of urea groups is 1.